The van der Waals surface area contributed by atoms with Crippen LogP contribution in [0.2, 0.25) is 0 Å². The molecule has 1 amide bonds. The van der Waals surface area contributed by atoms with E-state index in [9.17, 15) is 23.1 Å². The Morgan fingerprint density at radius 2 is 1.86 bits per heavy atom. The molecule has 0 spiro atoms. The van der Waals surface area contributed by atoms with Crippen molar-refractivity contribution in [2.75, 3.05) is 25.2 Å². The molecule has 1 aromatic rings. The van der Waals surface area contributed by atoms with Crippen LogP contribution in [0.25, 0.3) is 0 Å². The molecule has 2 fully saturated rings. The van der Waals surface area contributed by atoms with Gasteiger partial charge < -0.3 is 19.5 Å². The van der Waals surface area contributed by atoms with E-state index in [0.29, 0.717) is 6.42 Å². The molecular formula is C20H27NO7S. The predicted molar refractivity (Wildman–Crippen MR) is 106 cm³/mol. The van der Waals surface area contributed by atoms with E-state index in [0.717, 1.165) is 32.1 Å². The Labute approximate surface area is 170 Å². The number of hydrogen-bond acceptors (Lipinski definition) is 7. The smallest absolute Gasteiger partial charge is 0.342 e. The zero-order valence-electron chi connectivity index (χ0n) is 16.5. The summed E-state index contributed by atoms with van der Waals surface area (Å²) in [6.07, 6.45) is 5.15. The zero-order chi connectivity index (χ0) is 21.0. The Bertz CT molecular complexity index is 862. The fraction of sp³-hybridized carbons (Fsp3) is 0.600. The standard InChI is InChI=1S/C20H27NO7S/c1-27-17-9-5-8-16(19(17)23)20(24)28-12-18(22)21(14-6-3-2-4-7-14)15-10-11-29(25,26)13-15/h5,8-9,14-15,23H,2-4,6-7,10-13H2,1H3. The number of hydrogen-bond donors (Lipinski definition) is 1. The van der Waals surface area contributed by atoms with Crippen LogP contribution in [-0.4, -0.2) is 67.6 Å². The van der Waals surface area contributed by atoms with Gasteiger partial charge in [0.15, 0.2) is 27.9 Å². The molecule has 3 rings (SSSR count). The van der Waals surface area contributed by atoms with Crippen molar-refractivity contribution < 1.29 is 32.6 Å². The summed E-state index contributed by atoms with van der Waals surface area (Å²) in [6, 6.07) is 4.02. The van der Waals surface area contributed by atoms with E-state index in [1.54, 1.807) is 4.90 Å². The van der Waals surface area contributed by atoms with Crippen molar-refractivity contribution in [3.05, 3.63) is 23.8 Å². The van der Waals surface area contributed by atoms with Gasteiger partial charge >= 0.3 is 5.97 Å². The molecule has 1 atom stereocenters. The number of methoxy groups -OCH3 is 1. The number of aromatic hydroxyl groups is 1. The highest BCUT2D eigenvalue weighted by atomic mass is 32.2. The molecule has 1 aliphatic carbocycles. The van der Waals surface area contributed by atoms with E-state index in [1.165, 1.54) is 25.3 Å². The van der Waals surface area contributed by atoms with Gasteiger partial charge in [-0.1, -0.05) is 25.3 Å². The lowest BCUT2D eigenvalue weighted by atomic mass is 9.93. The molecule has 1 saturated heterocycles. The van der Waals surface area contributed by atoms with Crippen LogP contribution in [0.3, 0.4) is 0 Å². The lowest BCUT2D eigenvalue weighted by Gasteiger charge is -2.38. The van der Waals surface area contributed by atoms with Crippen LogP contribution in [0.1, 0.15) is 48.9 Å². The SMILES string of the molecule is COc1cccc(C(=O)OCC(=O)N(C2CCCCC2)C2CCS(=O)(=O)C2)c1O. The van der Waals surface area contributed by atoms with Crippen molar-refractivity contribution in [3.63, 3.8) is 0 Å². The van der Waals surface area contributed by atoms with Crippen LogP contribution in [-0.2, 0) is 19.4 Å². The predicted octanol–water partition coefficient (Wildman–Crippen LogP) is 1.91. The Balaban J connectivity index is 1.70. The van der Waals surface area contributed by atoms with Crippen LogP contribution in [0.5, 0.6) is 11.5 Å². The second kappa shape index (κ2) is 9.02. The number of amides is 1. The van der Waals surface area contributed by atoms with Crippen molar-refractivity contribution in [2.45, 2.75) is 50.6 Å². The lowest BCUT2D eigenvalue weighted by Crippen LogP contribution is -2.50. The van der Waals surface area contributed by atoms with Crippen molar-refractivity contribution >= 4 is 21.7 Å². The third-order valence-corrected chi connectivity index (χ3v) is 7.37. The van der Waals surface area contributed by atoms with E-state index < -0.39 is 28.3 Å². The summed E-state index contributed by atoms with van der Waals surface area (Å²) in [4.78, 5) is 26.9. The normalized spacial score (nSPS) is 21.5. The number of esters is 1. The van der Waals surface area contributed by atoms with Gasteiger partial charge in [0.1, 0.15) is 5.56 Å². The summed E-state index contributed by atoms with van der Waals surface area (Å²) in [6.45, 7) is -0.497. The summed E-state index contributed by atoms with van der Waals surface area (Å²) in [5, 5.41) is 10.1. The molecule has 2 aliphatic rings. The second-order valence-corrected chi connectivity index (χ2v) is 9.81. The molecule has 1 heterocycles. The van der Waals surface area contributed by atoms with Crippen LogP contribution >= 0.6 is 0 Å². The number of phenolic OH excluding ortho intramolecular Hbond substituents is 1. The number of para-hydroxylation sites is 1. The minimum atomic E-state index is -3.15. The molecule has 9 heteroatoms. The van der Waals surface area contributed by atoms with Gasteiger partial charge in [-0.2, -0.15) is 0 Å². The number of carbonyl (C=O) groups is 2. The first-order chi connectivity index (χ1) is 13.8. The maximum Gasteiger partial charge on any atom is 0.342 e. The van der Waals surface area contributed by atoms with E-state index in [1.807, 2.05) is 0 Å². The number of benzene rings is 1. The number of ether oxygens (including phenoxy) is 2. The molecule has 1 aliphatic heterocycles. The number of rotatable bonds is 6. The van der Waals surface area contributed by atoms with E-state index >= 15 is 0 Å². The lowest BCUT2D eigenvalue weighted by molar-refractivity contribution is -0.140. The van der Waals surface area contributed by atoms with Gasteiger partial charge in [0, 0.05) is 12.1 Å². The molecule has 1 unspecified atom stereocenters. The quantitative estimate of drug-likeness (QED) is 0.693. The Hall–Kier alpha value is -2.29. The Kier molecular flexibility index (Phi) is 6.66. The van der Waals surface area contributed by atoms with Gasteiger partial charge in [0.05, 0.1) is 18.6 Å². The van der Waals surface area contributed by atoms with Crippen LogP contribution < -0.4 is 4.74 Å². The van der Waals surface area contributed by atoms with Crippen molar-refractivity contribution in [1.29, 1.82) is 0 Å². The Morgan fingerprint density at radius 1 is 1.14 bits per heavy atom. The van der Waals surface area contributed by atoms with Gasteiger partial charge in [-0.05, 0) is 31.4 Å². The second-order valence-electron chi connectivity index (χ2n) is 7.58. The molecule has 1 aromatic carbocycles. The molecule has 0 aromatic heterocycles. The van der Waals surface area contributed by atoms with E-state index in [2.05, 4.69) is 0 Å². The highest BCUT2D eigenvalue weighted by Gasteiger charge is 2.38. The minimum Gasteiger partial charge on any atom is -0.504 e. The maximum atomic E-state index is 13.0. The number of phenols is 1. The van der Waals surface area contributed by atoms with Crippen molar-refractivity contribution in [3.8, 4) is 11.5 Å². The molecule has 1 N–H and O–H groups in total. The summed E-state index contributed by atoms with van der Waals surface area (Å²) >= 11 is 0. The molecule has 160 valence electrons. The van der Waals surface area contributed by atoms with E-state index in [4.69, 9.17) is 9.47 Å². The summed E-state index contributed by atoms with van der Waals surface area (Å²) in [5.74, 6) is -1.41. The third-order valence-electron chi connectivity index (χ3n) is 5.62. The average molecular weight is 426 g/mol. The monoisotopic (exact) mass is 425 g/mol. The first-order valence-corrected chi connectivity index (χ1v) is 11.7. The van der Waals surface area contributed by atoms with Crippen LogP contribution in [0.15, 0.2) is 18.2 Å². The summed E-state index contributed by atoms with van der Waals surface area (Å²) < 4.78 is 34.0. The Morgan fingerprint density at radius 3 is 2.48 bits per heavy atom. The number of nitrogens with zero attached hydrogens (tertiary/aromatic N) is 1. The minimum absolute atomic E-state index is 0.0292. The van der Waals surface area contributed by atoms with Gasteiger partial charge in [0.2, 0.25) is 0 Å². The molecule has 8 nitrogen and oxygen atoms in total. The van der Waals surface area contributed by atoms with E-state index in [-0.39, 0.29) is 40.7 Å². The van der Waals surface area contributed by atoms with Gasteiger partial charge in [0.25, 0.3) is 5.91 Å². The largest absolute Gasteiger partial charge is 0.504 e. The highest BCUT2D eigenvalue weighted by Crippen LogP contribution is 2.31. The summed E-state index contributed by atoms with van der Waals surface area (Å²) in [7, 11) is -1.78. The first kappa shape index (κ1) is 21.4. The molecule has 0 radical (unpaired) electrons. The van der Waals surface area contributed by atoms with Gasteiger partial charge in [-0.15, -0.1) is 0 Å². The maximum absolute atomic E-state index is 13.0. The topological polar surface area (TPSA) is 110 Å². The van der Waals surface area contributed by atoms with Crippen molar-refractivity contribution in [1.82, 2.24) is 4.90 Å². The van der Waals surface area contributed by atoms with Crippen molar-refractivity contribution in [2.24, 2.45) is 0 Å². The molecule has 29 heavy (non-hydrogen) atoms. The number of carbonyl (C=O) groups excluding carboxylic acids is 2. The van der Waals surface area contributed by atoms with Gasteiger partial charge in [-0.3, -0.25) is 4.79 Å². The molecule has 0 bridgehead atoms. The number of sulfone groups is 1. The zero-order valence-corrected chi connectivity index (χ0v) is 17.3. The highest BCUT2D eigenvalue weighted by molar-refractivity contribution is 7.91. The van der Waals surface area contributed by atoms with Gasteiger partial charge in [-0.25, -0.2) is 13.2 Å². The fourth-order valence-electron chi connectivity index (χ4n) is 4.19. The average Bonchev–Trinajstić information content (AvgIpc) is 3.06. The van der Waals surface area contributed by atoms with Crippen LogP contribution in [0.4, 0.5) is 0 Å². The fourth-order valence-corrected chi connectivity index (χ4v) is 5.90. The summed E-state index contributed by atoms with van der Waals surface area (Å²) in [5.41, 5.74) is -0.0928. The van der Waals surface area contributed by atoms with Crippen LogP contribution in [0, 0.1) is 0 Å². The molecular weight excluding hydrogens is 398 g/mol. The molecule has 1 saturated carbocycles. The first-order valence-electron chi connectivity index (χ1n) is 9.87. The third kappa shape index (κ3) is 5.01.